The second-order valence-electron chi connectivity index (χ2n) is 6.09. The van der Waals surface area contributed by atoms with E-state index in [0.717, 1.165) is 11.8 Å². The van der Waals surface area contributed by atoms with Crippen molar-refractivity contribution in [2.24, 2.45) is 11.8 Å². The fourth-order valence-electron chi connectivity index (χ4n) is 3.21. The Morgan fingerprint density at radius 2 is 1.71 bits per heavy atom. The van der Waals surface area contributed by atoms with Crippen LogP contribution in [-0.4, -0.2) is 11.0 Å². The van der Waals surface area contributed by atoms with Gasteiger partial charge in [-0.05, 0) is 30.9 Å². The van der Waals surface area contributed by atoms with E-state index in [1.54, 1.807) is 0 Å². The van der Waals surface area contributed by atoms with E-state index in [1.807, 2.05) is 0 Å². The van der Waals surface area contributed by atoms with E-state index in [1.165, 1.54) is 57.8 Å². The highest BCUT2D eigenvalue weighted by Crippen LogP contribution is 2.51. The highest BCUT2D eigenvalue weighted by atomic mass is 32.2. The maximum absolute atomic E-state index is 2.51. The van der Waals surface area contributed by atoms with Gasteiger partial charge in [0, 0.05) is 4.75 Å². The zero-order chi connectivity index (χ0) is 12.7. The Labute approximate surface area is 113 Å². The van der Waals surface area contributed by atoms with Gasteiger partial charge in [-0.15, -0.1) is 0 Å². The van der Waals surface area contributed by atoms with E-state index in [9.17, 15) is 0 Å². The molecule has 2 unspecified atom stereocenters. The second-order valence-corrected chi connectivity index (χ2v) is 7.31. The van der Waals surface area contributed by atoms with Gasteiger partial charge in [-0.25, -0.2) is 0 Å². The van der Waals surface area contributed by atoms with Crippen LogP contribution in [-0.2, 0) is 0 Å². The lowest BCUT2D eigenvalue weighted by atomic mass is 9.70. The Bertz CT molecular complexity index is 190. The smallest absolute Gasteiger partial charge is 0.0185 e. The van der Waals surface area contributed by atoms with Gasteiger partial charge in [0.05, 0.1) is 0 Å². The summed E-state index contributed by atoms with van der Waals surface area (Å²) in [4.78, 5) is 0. The molecule has 2 atom stereocenters. The van der Waals surface area contributed by atoms with Gasteiger partial charge in [0.15, 0.2) is 0 Å². The summed E-state index contributed by atoms with van der Waals surface area (Å²) in [5, 5.41) is 0. The number of hydrogen-bond donors (Lipinski definition) is 0. The van der Waals surface area contributed by atoms with Crippen molar-refractivity contribution in [1.29, 1.82) is 0 Å². The minimum Gasteiger partial charge on any atom is -0.158 e. The first-order valence-corrected chi connectivity index (χ1v) is 8.94. The fourth-order valence-corrected chi connectivity index (χ4v) is 4.51. The quantitative estimate of drug-likeness (QED) is 0.462. The van der Waals surface area contributed by atoms with Gasteiger partial charge in [0.25, 0.3) is 0 Å². The van der Waals surface area contributed by atoms with Crippen LogP contribution >= 0.6 is 11.8 Å². The number of rotatable bonds is 9. The standard InChI is InChI=1S/C16H32S/c1-5-6-7-8-9-11-14(2)15(3)16(17-4)12-10-13-16/h14-15H,5-13H2,1-4H3. The van der Waals surface area contributed by atoms with Crippen LogP contribution in [0.2, 0.25) is 0 Å². The van der Waals surface area contributed by atoms with Gasteiger partial charge in [0.2, 0.25) is 0 Å². The van der Waals surface area contributed by atoms with E-state index in [0.29, 0.717) is 4.75 Å². The fraction of sp³-hybridized carbons (Fsp3) is 1.00. The zero-order valence-electron chi connectivity index (χ0n) is 12.4. The van der Waals surface area contributed by atoms with Gasteiger partial charge in [-0.3, -0.25) is 0 Å². The molecule has 17 heavy (non-hydrogen) atoms. The maximum Gasteiger partial charge on any atom is 0.0185 e. The molecule has 1 aliphatic rings. The van der Waals surface area contributed by atoms with Crippen molar-refractivity contribution in [3.63, 3.8) is 0 Å². The normalized spacial score (nSPS) is 21.9. The van der Waals surface area contributed by atoms with Crippen molar-refractivity contribution in [3.8, 4) is 0 Å². The van der Waals surface area contributed by atoms with Crippen molar-refractivity contribution in [2.75, 3.05) is 6.26 Å². The average molecular weight is 256 g/mol. The Morgan fingerprint density at radius 1 is 1.06 bits per heavy atom. The van der Waals surface area contributed by atoms with Crippen LogP contribution in [0, 0.1) is 11.8 Å². The molecule has 1 aliphatic carbocycles. The molecule has 0 saturated heterocycles. The average Bonchev–Trinajstić information content (AvgIpc) is 2.27. The molecule has 0 aromatic heterocycles. The summed E-state index contributed by atoms with van der Waals surface area (Å²) in [5.74, 6) is 1.84. The summed E-state index contributed by atoms with van der Waals surface area (Å²) in [6, 6.07) is 0. The molecule has 0 N–H and O–H groups in total. The second kappa shape index (κ2) is 7.71. The van der Waals surface area contributed by atoms with Gasteiger partial charge < -0.3 is 0 Å². The lowest BCUT2D eigenvalue weighted by Gasteiger charge is -2.47. The van der Waals surface area contributed by atoms with Gasteiger partial charge in [-0.1, -0.05) is 65.7 Å². The Balaban J connectivity index is 2.20. The summed E-state index contributed by atoms with van der Waals surface area (Å²) >= 11 is 2.14. The summed E-state index contributed by atoms with van der Waals surface area (Å²) in [5.41, 5.74) is 0. The Morgan fingerprint density at radius 3 is 2.18 bits per heavy atom. The van der Waals surface area contributed by atoms with Gasteiger partial charge >= 0.3 is 0 Å². The third kappa shape index (κ3) is 4.19. The third-order valence-corrected chi connectivity index (χ3v) is 6.65. The van der Waals surface area contributed by atoms with Crippen LogP contribution < -0.4 is 0 Å². The van der Waals surface area contributed by atoms with Crippen molar-refractivity contribution >= 4 is 11.8 Å². The molecular weight excluding hydrogens is 224 g/mol. The monoisotopic (exact) mass is 256 g/mol. The predicted octanol–water partition coefficient (Wildman–Crippen LogP) is 5.90. The summed E-state index contributed by atoms with van der Waals surface area (Å²) in [7, 11) is 0. The van der Waals surface area contributed by atoms with Gasteiger partial charge in [0.1, 0.15) is 0 Å². The number of unbranched alkanes of at least 4 members (excludes halogenated alkanes) is 4. The van der Waals surface area contributed by atoms with Gasteiger partial charge in [-0.2, -0.15) is 11.8 Å². The molecule has 102 valence electrons. The van der Waals surface area contributed by atoms with E-state index in [4.69, 9.17) is 0 Å². The minimum absolute atomic E-state index is 0.656. The van der Waals surface area contributed by atoms with Crippen molar-refractivity contribution in [3.05, 3.63) is 0 Å². The minimum atomic E-state index is 0.656. The van der Waals surface area contributed by atoms with E-state index >= 15 is 0 Å². The maximum atomic E-state index is 2.51. The summed E-state index contributed by atoms with van der Waals surface area (Å²) < 4.78 is 0.656. The van der Waals surface area contributed by atoms with Crippen molar-refractivity contribution in [1.82, 2.24) is 0 Å². The summed E-state index contributed by atoms with van der Waals surface area (Å²) in [6.07, 6.45) is 15.3. The predicted molar refractivity (Wildman–Crippen MR) is 81.8 cm³/mol. The lowest BCUT2D eigenvalue weighted by molar-refractivity contribution is 0.195. The number of hydrogen-bond acceptors (Lipinski definition) is 1. The van der Waals surface area contributed by atoms with E-state index in [-0.39, 0.29) is 0 Å². The molecule has 0 amide bonds. The largest absolute Gasteiger partial charge is 0.158 e. The molecule has 0 aromatic carbocycles. The van der Waals surface area contributed by atoms with Crippen LogP contribution in [0.15, 0.2) is 0 Å². The first kappa shape index (κ1) is 15.4. The number of thioether (sulfide) groups is 1. The van der Waals surface area contributed by atoms with Crippen molar-refractivity contribution in [2.45, 2.75) is 83.3 Å². The zero-order valence-corrected chi connectivity index (χ0v) is 13.2. The molecule has 1 fully saturated rings. The molecule has 0 bridgehead atoms. The molecule has 1 heteroatoms. The van der Waals surface area contributed by atoms with Crippen LogP contribution in [0.1, 0.15) is 78.6 Å². The lowest BCUT2D eigenvalue weighted by Crippen LogP contribution is -2.42. The molecule has 0 heterocycles. The third-order valence-electron chi connectivity index (χ3n) is 5.05. The highest BCUT2D eigenvalue weighted by molar-refractivity contribution is 8.00. The van der Waals surface area contributed by atoms with Crippen LogP contribution in [0.5, 0.6) is 0 Å². The highest BCUT2D eigenvalue weighted by Gasteiger charge is 2.42. The molecule has 1 rings (SSSR count). The topological polar surface area (TPSA) is 0 Å². The first-order valence-electron chi connectivity index (χ1n) is 7.71. The van der Waals surface area contributed by atoms with E-state index in [2.05, 4.69) is 38.8 Å². The van der Waals surface area contributed by atoms with Crippen LogP contribution in [0.4, 0.5) is 0 Å². The molecule has 0 spiro atoms. The molecular formula is C16H32S. The Hall–Kier alpha value is 0.350. The molecule has 0 nitrogen and oxygen atoms in total. The first-order chi connectivity index (χ1) is 8.16. The molecule has 0 aliphatic heterocycles. The molecule has 0 radical (unpaired) electrons. The van der Waals surface area contributed by atoms with Crippen LogP contribution in [0.3, 0.4) is 0 Å². The van der Waals surface area contributed by atoms with Crippen molar-refractivity contribution < 1.29 is 0 Å². The summed E-state index contributed by atoms with van der Waals surface area (Å²) in [6.45, 7) is 7.29. The van der Waals surface area contributed by atoms with Crippen LogP contribution in [0.25, 0.3) is 0 Å². The molecule has 1 saturated carbocycles. The molecule has 0 aromatic rings. The SMILES string of the molecule is CCCCCCCC(C)C(C)C1(SC)CCC1. The van der Waals surface area contributed by atoms with E-state index < -0.39 is 0 Å². The Kier molecular flexibility index (Phi) is 6.99.